The number of carbonyl (C=O) groups is 2. The van der Waals surface area contributed by atoms with E-state index in [2.05, 4.69) is 4.90 Å². The van der Waals surface area contributed by atoms with Crippen LogP contribution in [0.4, 0.5) is 5.69 Å². The van der Waals surface area contributed by atoms with Gasteiger partial charge in [0.15, 0.2) is 6.29 Å². The number of fused-ring (bicyclic) bond motifs is 1. The second-order valence-electron chi connectivity index (χ2n) is 7.64. The number of carbonyl (C=O) groups excluding carboxylic acids is 2. The van der Waals surface area contributed by atoms with Crippen LogP contribution in [0.25, 0.3) is 0 Å². The Hall–Kier alpha value is -2.48. The molecule has 28 heavy (non-hydrogen) atoms. The van der Waals surface area contributed by atoms with E-state index < -0.39 is 11.0 Å². The van der Waals surface area contributed by atoms with Crippen LogP contribution in [0.3, 0.4) is 0 Å². The van der Waals surface area contributed by atoms with Crippen LogP contribution in [0, 0.1) is 16.0 Å². The standard InChI is InChI=1S/C20H27N3O5/c21-20(25)18(22-10-3-5-14-4-1-2-6-17(14)22)9-11-28-16-8-7-15(13-24)19(12-16)23(26)27/h7-8,12-14,17-18H,1-6,9-11H2,(H2,21,25). The van der Waals surface area contributed by atoms with Crippen LogP contribution in [0.1, 0.15) is 55.3 Å². The van der Waals surface area contributed by atoms with Gasteiger partial charge in [-0.25, -0.2) is 0 Å². The number of nitro benzene ring substituents is 1. The van der Waals surface area contributed by atoms with Gasteiger partial charge in [-0.2, -0.15) is 0 Å². The first-order chi connectivity index (χ1) is 13.5. The molecule has 1 aliphatic heterocycles. The number of piperidine rings is 1. The fraction of sp³-hybridized carbons (Fsp3) is 0.600. The Morgan fingerprint density at radius 1 is 1.32 bits per heavy atom. The lowest BCUT2D eigenvalue weighted by molar-refractivity contribution is -0.385. The number of hydrogen-bond donors (Lipinski definition) is 1. The monoisotopic (exact) mass is 389 g/mol. The number of primary amides is 1. The Labute approximate surface area is 164 Å². The summed E-state index contributed by atoms with van der Waals surface area (Å²) < 4.78 is 5.65. The molecule has 1 heterocycles. The van der Waals surface area contributed by atoms with Crippen molar-refractivity contribution in [3.8, 4) is 5.75 Å². The molecule has 1 saturated heterocycles. The van der Waals surface area contributed by atoms with Gasteiger partial charge >= 0.3 is 0 Å². The number of nitrogens with zero attached hydrogens (tertiary/aromatic N) is 2. The van der Waals surface area contributed by atoms with Crippen molar-refractivity contribution >= 4 is 17.9 Å². The molecule has 2 N–H and O–H groups in total. The van der Waals surface area contributed by atoms with Crippen LogP contribution < -0.4 is 10.5 Å². The second kappa shape index (κ2) is 9.14. The van der Waals surface area contributed by atoms with Crippen LogP contribution >= 0.6 is 0 Å². The van der Waals surface area contributed by atoms with Crippen LogP contribution in [-0.4, -0.2) is 47.3 Å². The molecule has 8 nitrogen and oxygen atoms in total. The highest BCUT2D eigenvalue weighted by molar-refractivity contribution is 5.82. The van der Waals surface area contributed by atoms with Gasteiger partial charge in [0, 0.05) is 12.5 Å². The van der Waals surface area contributed by atoms with Crippen molar-refractivity contribution in [2.24, 2.45) is 11.7 Å². The third-order valence-corrected chi connectivity index (χ3v) is 6.00. The molecular weight excluding hydrogens is 362 g/mol. The lowest BCUT2D eigenvalue weighted by atomic mass is 9.77. The topological polar surface area (TPSA) is 116 Å². The summed E-state index contributed by atoms with van der Waals surface area (Å²) in [5, 5.41) is 11.1. The van der Waals surface area contributed by atoms with Gasteiger partial charge in [0.1, 0.15) is 5.75 Å². The highest BCUT2D eigenvalue weighted by atomic mass is 16.6. The third-order valence-electron chi connectivity index (χ3n) is 6.00. The van der Waals surface area contributed by atoms with E-state index in [0.29, 0.717) is 30.4 Å². The molecule has 1 amide bonds. The molecule has 8 heteroatoms. The highest BCUT2D eigenvalue weighted by Gasteiger charge is 2.38. The van der Waals surface area contributed by atoms with Gasteiger partial charge in [-0.3, -0.25) is 24.6 Å². The first kappa shape index (κ1) is 20.3. The van der Waals surface area contributed by atoms with Gasteiger partial charge < -0.3 is 10.5 Å². The molecule has 3 atom stereocenters. The largest absolute Gasteiger partial charge is 0.493 e. The maximum Gasteiger partial charge on any atom is 0.283 e. The summed E-state index contributed by atoms with van der Waals surface area (Å²) in [5.74, 6) is 0.593. The van der Waals surface area contributed by atoms with Crippen molar-refractivity contribution in [2.45, 2.75) is 57.0 Å². The molecule has 1 aliphatic carbocycles. The third kappa shape index (κ3) is 4.49. The molecule has 152 valence electrons. The Morgan fingerprint density at radius 2 is 2.07 bits per heavy atom. The zero-order valence-electron chi connectivity index (χ0n) is 15.9. The molecule has 0 aromatic heterocycles. The number of hydrogen-bond acceptors (Lipinski definition) is 6. The van der Waals surface area contributed by atoms with E-state index in [9.17, 15) is 19.7 Å². The molecule has 2 aliphatic rings. The zero-order valence-corrected chi connectivity index (χ0v) is 15.9. The van der Waals surface area contributed by atoms with Crippen molar-refractivity contribution < 1.29 is 19.2 Å². The summed E-state index contributed by atoms with van der Waals surface area (Å²) in [6, 6.07) is 4.14. The Morgan fingerprint density at radius 3 is 2.79 bits per heavy atom. The van der Waals surface area contributed by atoms with Crippen LogP contribution in [-0.2, 0) is 4.79 Å². The molecule has 0 spiro atoms. The SMILES string of the molecule is NC(=O)C(CCOc1ccc(C=O)c([N+](=O)[O-])c1)N1CCCC2CCCCC21. The maximum absolute atomic E-state index is 12.1. The predicted octanol–water partition coefficient (Wildman–Crippen LogP) is 2.68. The van der Waals surface area contributed by atoms with E-state index in [1.54, 1.807) is 0 Å². The molecule has 3 rings (SSSR count). The lowest BCUT2D eigenvalue weighted by Crippen LogP contribution is -2.56. The Kier molecular flexibility index (Phi) is 6.61. The average Bonchev–Trinajstić information content (AvgIpc) is 2.70. The number of likely N-dealkylation sites (tertiary alicyclic amines) is 1. The van der Waals surface area contributed by atoms with Gasteiger partial charge in [0.05, 0.1) is 29.2 Å². The van der Waals surface area contributed by atoms with Crippen molar-refractivity contribution in [1.82, 2.24) is 4.90 Å². The minimum atomic E-state index is -0.611. The van der Waals surface area contributed by atoms with E-state index in [4.69, 9.17) is 10.5 Å². The molecule has 3 unspecified atom stereocenters. The number of rotatable bonds is 8. The molecule has 1 saturated carbocycles. The molecule has 1 aromatic carbocycles. The minimum Gasteiger partial charge on any atom is -0.493 e. The molecule has 0 bridgehead atoms. The van der Waals surface area contributed by atoms with E-state index in [0.717, 1.165) is 19.4 Å². The maximum atomic E-state index is 12.1. The quantitative estimate of drug-likeness (QED) is 0.415. The van der Waals surface area contributed by atoms with Crippen LogP contribution in [0.5, 0.6) is 5.75 Å². The van der Waals surface area contributed by atoms with Crippen LogP contribution in [0.2, 0.25) is 0 Å². The van der Waals surface area contributed by atoms with Crippen molar-refractivity contribution in [3.05, 3.63) is 33.9 Å². The Bertz CT molecular complexity index is 737. The van der Waals surface area contributed by atoms with Crippen LogP contribution in [0.15, 0.2) is 18.2 Å². The normalized spacial score (nSPS) is 23.4. The fourth-order valence-corrected chi connectivity index (χ4v) is 4.68. The van der Waals surface area contributed by atoms with E-state index in [1.807, 2.05) is 0 Å². The number of nitrogens with two attached hydrogens (primary N) is 1. The lowest BCUT2D eigenvalue weighted by Gasteiger charge is -2.46. The van der Waals surface area contributed by atoms with Gasteiger partial charge in [-0.05, 0) is 50.3 Å². The minimum absolute atomic E-state index is 0.00372. The summed E-state index contributed by atoms with van der Waals surface area (Å²) in [4.78, 5) is 35.8. The Balaban J connectivity index is 1.64. The van der Waals surface area contributed by atoms with E-state index >= 15 is 0 Å². The summed E-state index contributed by atoms with van der Waals surface area (Å²) >= 11 is 0. The van der Waals surface area contributed by atoms with Crippen molar-refractivity contribution in [1.29, 1.82) is 0 Å². The van der Waals surface area contributed by atoms with Crippen molar-refractivity contribution in [2.75, 3.05) is 13.2 Å². The van der Waals surface area contributed by atoms with Gasteiger partial charge in [-0.15, -0.1) is 0 Å². The molecule has 1 aromatic rings. The smallest absolute Gasteiger partial charge is 0.283 e. The number of amides is 1. The predicted molar refractivity (Wildman–Crippen MR) is 103 cm³/mol. The summed E-state index contributed by atoms with van der Waals surface area (Å²) in [6.07, 6.45) is 7.94. The summed E-state index contributed by atoms with van der Waals surface area (Å²) in [6.45, 7) is 1.09. The van der Waals surface area contributed by atoms with Crippen molar-refractivity contribution in [3.63, 3.8) is 0 Å². The van der Waals surface area contributed by atoms with Gasteiger partial charge in [-0.1, -0.05) is 12.8 Å². The zero-order chi connectivity index (χ0) is 20.1. The second-order valence-corrected chi connectivity index (χ2v) is 7.64. The number of ether oxygens (including phenoxy) is 1. The highest BCUT2D eigenvalue weighted by Crippen LogP contribution is 2.36. The fourth-order valence-electron chi connectivity index (χ4n) is 4.68. The molecular formula is C20H27N3O5. The summed E-state index contributed by atoms with van der Waals surface area (Å²) in [7, 11) is 0. The average molecular weight is 389 g/mol. The van der Waals surface area contributed by atoms with Gasteiger partial charge in [0.25, 0.3) is 5.69 Å². The van der Waals surface area contributed by atoms with E-state index in [-0.39, 0.29) is 23.8 Å². The summed E-state index contributed by atoms with van der Waals surface area (Å²) in [5.41, 5.74) is 5.42. The van der Waals surface area contributed by atoms with Gasteiger partial charge in [0.2, 0.25) is 5.91 Å². The number of benzene rings is 1. The number of nitro groups is 1. The van der Waals surface area contributed by atoms with E-state index in [1.165, 1.54) is 43.9 Å². The first-order valence-corrected chi connectivity index (χ1v) is 9.92. The first-order valence-electron chi connectivity index (χ1n) is 9.92. The number of aldehydes is 1. The molecule has 2 fully saturated rings. The molecule has 0 radical (unpaired) electrons.